The number of aryl methyl sites for hydroxylation is 1. The Balaban J connectivity index is 2.96. The van der Waals surface area contributed by atoms with Crippen LogP contribution in [0.15, 0.2) is 23.1 Å². The molecule has 0 atom stereocenters. The molecule has 0 fully saturated rings. The Labute approximate surface area is 113 Å². The van der Waals surface area contributed by atoms with Crippen LogP contribution in [0.5, 0.6) is 0 Å². The Morgan fingerprint density at radius 1 is 1.40 bits per heavy atom. The number of alkyl halides is 4. The first-order valence-electron chi connectivity index (χ1n) is 5.26. The van der Waals surface area contributed by atoms with Gasteiger partial charge in [0.25, 0.3) is 0 Å². The molecule has 0 aliphatic heterocycles. The molecule has 0 saturated heterocycles. The molecule has 9 heteroatoms. The summed E-state index contributed by atoms with van der Waals surface area (Å²) in [7, 11) is -4.35. The standard InChI is InChI=1S/C11H10F4N2O2S/c1-7-4-9(3-2-8(7)5-16)20(18,19)17-6-11(14,15)10(12)13/h2-4,10,17H,6H2,1H3. The van der Waals surface area contributed by atoms with Crippen LogP contribution in [0.2, 0.25) is 0 Å². The highest BCUT2D eigenvalue weighted by Crippen LogP contribution is 2.22. The Hall–Kier alpha value is -1.66. The fourth-order valence-corrected chi connectivity index (χ4v) is 2.41. The van der Waals surface area contributed by atoms with Crippen LogP contribution in [0.25, 0.3) is 0 Å². The number of sulfonamides is 1. The average molecular weight is 310 g/mol. The number of hydrogen-bond acceptors (Lipinski definition) is 3. The van der Waals surface area contributed by atoms with Crippen LogP contribution in [0.3, 0.4) is 0 Å². The van der Waals surface area contributed by atoms with Gasteiger partial charge >= 0.3 is 12.3 Å². The number of hydrogen-bond donors (Lipinski definition) is 1. The number of nitrogens with one attached hydrogen (secondary N) is 1. The van der Waals surface area contributed by atoms with E-state index in [-0.39, 0.29) is 10.5 Å². The van der Waals surface area contributed by atoms with Gasteiger partial charge in [-0.3, -0.25) is 0 Å². The molecule has 0 heterocycles. The molecular formula is C11H10F4N2O2S. The molecular weight excluding hydrogens is 300 g/mol. The molecule has 0 saturated carbocycles. The van der Waals surface area contributed by atoms with E-state index in [0.717, 1.165) is 12.1 Å². The Bertz CT molecular complexity index is 638. The summed E-state index contributed by atoms with van der Waals surface area (Å²) >= 11 is 0. The van der Waals surface area contributed by atoms with Gasteiger partial charge in [-0.1, -0.05) is 0 Å². The molecule has 0 amide bonds. The Morgan fingerprint density at radius 3 is 2.45 bits per heavy atom. The lowest BCUT2D eigenvalue weighted by Crippen LogP contribution is -2.41. The van der Waals surface area contributed by atoms with Crippen LogP contribution < -0.4 is 4.72 Å². The quantitative estimate of drug-likeness (QED) is 0.846. The van der Waals surface area contributed by atoms with Crippen LogP contribution >= 0.6 is 0 Å². The fraction of sp³-hybridized carbons (Fsp3) is 0.364. The Kier molecular flexibility index (Phi) is 4.73. The van der Waals surface area contributed by atoms with Gasteiger partial charge in [-0.2, -0.15) is 14.0 Å². The van der Waals surface area contributed by atoms with Crippen LogP contribution in [-0.4, -0.2) is 27.3 Å². The molecule has 0 spiro atoms. The SMILES string of the molecule is Cc1cc(S(=O)(=O)NCC(F)(F)C(F)F)ccc1C#N. The monoisotopic (exact) mass is 310 g/mol. The highest BCUT2D eigenvalue weighted by molar-refractivity contribution is 7.89. The zero-order chi connectivity index (χ0) is 15.6. The smallest absolute Gasteiger partial charge is 0.207 e. The van der Waals surface area contributed by atoms with Crippen molar-refractivity contribution in [3.8, 4) is 6.07 Å². The molecule has 1 aromatic rings. The van der Waals surface area contributed by atoms with E-state index in [1.165, 1.54) is 17.7 Å². The van der Waals surface area contributed by atoms with Crippen molar-refractivity contribution in [2.24, 2.45) is 0 Å². The third-order valence-corrected chi connectivity index (χ3v) is 3.84. The van der Waals surface area contributed by atoms with Gasteiger partial charge in [0.15, 0.2) is 0 Å². The summed E-state index contributed by atoms with van der Waals surface area (Å²) in [5.74, 6) is -4.45. The van der Waals surface area contributed by atoms with E-state index in [1.54, 1.807) is 0 Å². The molecule has 0 aliphatic carbocycles. The number of nitriles is 1. The molecule has 20 heavy (non-hydrogen) atoms. The normalized spacial score (nSPS) is 12.4. The minimum Gasteiger partial charge on any atom is -0.207 e. The maximum atomic E-state index is 12.7. The van der Waals surface area contributed by atoms with E-state index in [9.17, 15) is 26.0 Å². The third-order valence-electron chi connectivity index (χ3n) is 2.45. The maximum absolute atomic E-state index is 12.7. The van der Waals surface area contributed by atoms with E-state index >= 15 is 0 Å². The summed E-state index contributed by atoms with van der Waals surface area (Å²) in [5.41, 5.74) is 0.554. The summed E-state index contributed by atoms with van der Waals surface area (Å²) in [5, 5.41) is 8.69. The summed E-state index contributed by atoms with van der Waals surface area (Å²) in [6, 6.07) is 5.15. The van der Waals surface area contributed by atoms with Crippen molar-refractivity contribution in [1.82, 2.24) is 4.72 Å². The van der Waals surface area contributed by atoms with Gasteiger partial charge in [-0.05, 0) is 30.7 Å². The predicted octanol–water partition coefficient (Wildman–Crippen LogP) is 2.05. The van der Waals surface area contributed by atoms with Crippen LogP contribution in [0, 0.1) is 18.3 Å². The zero-order valence-corrected chi connectivity index (χ0v) is 11.0. The summed E-state index contributed by atoms with van der Waals surface area (Å²) in [4.78, 5) is -0.376. The van der Waals surface area contributed by atoms with Gasteiger partial charge in [0.05, 0.1) is 23.1 Å². The summed E-state index contributed by atoms with van der Waals surface area (Å²) in [6.07, 6.45) is -3.96. The van der Waals surface area contributed by atoms with E-state index < -0.39 is 28.9 Å². The number of rotatable bonds is 5. The third kappa shape index (κ3) is 3.68. The lowest BCUT2D eigenvalue weighted by atomic mass is 10.1. The number of nitrogens with zero attached hydrogens (tertiary/aromatic N) is 1. The van der Waals surface area contributed by atoms with Crippen molar-refractivity contribution in [3.05, 3.63) is 29.3 Å². The van der Waals surface area contributed by atoms with Crippen molar-refractivity contribution in [2.75, 3.05) is 6.54 Å². The molecule has 0 bridgehead atoms. The van der Waals surface area contributed by atoms with Gasteiger partial charge in [-0.15, -0.1) is 0 Å². The highest BCUT2D eigenvalue weighted by atomic mass is 32.2. The molecule has 0 aliphatic rings. The number of benzene rings is 1. The van der Waals surface area contributed by atoms with E-state index in [2.05, 4.69) is 0 Å². The van der Waals surface area contributed by atoms with Gasteiger partial charge in [0.1, 0.15) is 0 Å². The predicted molar refractivity (Wildman–Crippen MR) is 62.0 cm³/mol. The largest absolute Gasteiger partial charge is 0.320 e. The second kappa shape index (κ2) is 5.76. The van der Waals surface area contributed by atoms with Gasteiger partial charge < -0.3 is 0 Å². The van der Waals surface area contributed by atoms with Crippen LogP contribution in [-0.2, 0) is 10.0 Å². The molecule has 1 aromatic carbocycles. The van der Waals surface area contributed by atoms with Crippen molar-refractivity contribution >= 4 is 10.0 Å². The summed E-state index contributed by atoms with van der Waals surface area (Å²) < 4.78 is 74.0. The van der Waals surface area contributed by atoms with Crippen molar-refractivity contribution in [3.63, 3.8) is 0 Å². The first-order chi connectivity index (χ1) is 9.10. The van der Waals surface area contributed by atoms with E-state index in [0.29, 0.717) is 5.56 Å². The van der Waals surface area contributed by atoms with Gasteiger partial charge in [0.2, 0.25) is 10.0 Å². The molecule has 110 valence electrons. The van der Waals surface area contributed by atoms with E-state index in [1.807, 2.05) is 6.07 Å². The van der Waals surface area contributed by atoms with E-state index in [4.69, 9.17) is 5.26 Å². The Morgan fingerprint density at radius 2 is 2.00 bits per heavy atom. The zero-order valence-electron chi connectivity index (χ0n) is 10.2. The molecule has 0 unspecified atom stereocenters. The molecule has 1 N–H and O–H groups in total. The molecule has 0 radical (unpaired) electrons. The van der Waals surface area contributed by atoms with Crippen molar-refractivity contribution in [1.29, 1.82) is 5.26 Å². The lowest BCUT2D eigenvalue weighted by Gasteiger charge is -2.16. The maximum Gasteiger partial charge on any atom is 0.320 e. The number of halogens is 4. The lowest BCUT2D eigenvalue weighted by molar-refractivity contribution is -0.122. The summed E-state index contributed by atoms with van der Waals surface area (Å²) in [6.45, 7) is -0.239. The minimum atomic E-state index is -4.45. The second-order valence-electron chi connectivity index (χ2n) is 3.97. The van der Waals surface area contributed by atoms with Crippen molar-refractivity contribution < 1.29 is 26.0 Å². The molecule has 0 aromatic heterocycles. The van der Waals surface area contributed by atoms with Gasteiger partial charge in [-0.25, -0.2) is 21.9 Å². The minimum absolute atomic E-state index is 0.224. The topological polar surface area (TPSA) is 70.0 Å². The second-order valence-corrected chi connectivity index (χ2v) is 5.74. The van der Waals surface area contributed by atoms with Crippen LogP contribution in [0.4, 0.5) is 17.6 Å². The molecule has 4 nitrogen and oxygen atoms in total. The first kappa shape index (κ1) is 16.4. The first-order valence-corrected chi connectivity index (χ1v) is 6.75. The van der Waals surface area contributed by atoms with Crippen molar-refractivity contribution in [2.45, 2.75) is 24.2 Å². The highest BCUT2D eigenvalue weighted by Gasteiger charge is 2.41. The average Bonchev–Trinajstić information content (AvgIpc) is 2.36. The molecule has 1 rings (SSSR count). The van der Waals surface area contributed by atoms with Gasteiger partial charge in [0, 0.05) is 0 Å². The van der Waals surface area contributed by atoms with Crippen LogP contribution in [0.1, 0.15) is 11.1 Å². The fourth-order valence-electron chi connectivity index (χ4n) is 1.28.